The largest absolute Gasteiger partial charge is 0.346 e. The van der Waals surface area contributed by atoms with Crippen molar-refractivity contribution in [2.75, 3.05) is 0 Å². The van der Waals surface area contributed by atoms with E-state index in [9.17, 15) is 4.79 Å². The summed E-state index contributed by atoms with van der Waals surface area (Å²) in [4.78, 5) is 11.9. The molecular weight excluding hydrogens is 226 g/mol. The van der Waals surface area contributed by atoms with Crippen LogP contribution in [-0.2, 0) is 6.54 Å². The second-order valence-corrected chi connectivity index (χ2v) is 4.16. The van der Waals surface area contributed by atoms with Crippen molar-refractivity contribution >= 4 is 5.91 Å². The predicted molar refractivity (Wildman–Crippen MR) is 69.1 cm³/mol. The first-order valence-electron chi connectivity index (χ1n) is 5.80. The van der Waals surface area contributed by atoms with E-state index in [-0.39, 0.29) is 5.91 Å². The highest BCUT2D eigenvalue weighted by atomic mass is 16.1. The van der Waals surface area contributed by atoms with E-state index in [2.05, 4.69) is 15.5 Å². The standard InChI is InChI=1S/C14H15N3O/c1-10-5-3-4-6-13(10)14(18)15-9-12-8-7-11(2)16-17-12/h3-8H,9H2,1-2H3,(H,15,18). The average Bonchev–Trinajstić information content (AvgIpc) is 2.38. The minimum atomic E-state index is -0.0875. The zero-order valence-electron chi connectivity index (χ0n) is 10.5. The van der Waals surface area contributed by atoms with Gasteiger partial charge in [0, 0.05) is 5.56 Å². The molecule has 0 spiro atoms. The number of carbonyl (C=O) groups excluding carboxylic acids is 1. The van der Waals surface area contributed by atoms with E-state index in [0.717, 1.165) is 17.0 Å². The lowest BCUT2D eigenvalue weighted by Gasteiger charge is -2.06. The fraction of sp³-hybridized carbons (Fsp3) is 0.214. The number of benzene rings is 1. The molecule has 0 fully saturated rings. The number of hydrogen-bond acceptors (Lipinski definition) is 3. The van der Waals surface area contributed by atoms with Crippen LogP contribution in [0.3, 0.4) is 0 Å². The number of amides is 1. The Labute approximate surface area is 106 Å². The van der Waals surface area contributed by atoms with Crippen molar-refractivity contribution < 1.29 is 4.79 Å². The van der Waals surface area contributed by atoms with Gasteiger partial charge in [0.25, 0.3) is 5.91 Å². The molecule has 2 aromatic rings. The summed E-state index contributed by atoms with van der Waals surface area (Å²) in [6.45, 7) is 4.18. The molecule has 0 radical (unpaired) electrons. The highest BCUT2D eigenvalue weighted by Gasteiger charge is 2.07. The van der Waals surface area contributed by atoms with Gasteiger partial charge in [0.15, 0.2) is 0 Å². The van der Waals surface area contributed by atoms with Crippen LogP contribution in [0.1, 0.15) is 27.3 Å². The molecule has 1 amide bonds. The first kappa shape index (κ1) is 12.2. The molecule has 0 aliphatic carbocycles. The normalized spacial score (nSPS) is 10.1. The van der Waals surface area contributed by atoms with Crippen LogP contribution in [0.4, 0.5) is 0 Å². The van der Waals surface area contributed by atoms with E-state index in [4.69, 9.17) is 0 Å². The number of aryl methyl sites for hydroxylation is 2. The number of carbonyl (C=O) groups is 1. The van der Waals surface area contributed by atoms with Crippen LogP contribution in [0.5, 0.6) is 0 Å². The van der Waals surface area contributed by atoms with Crippen LogP contribution in [0, 0.1) is 13.8 Å². The van der Waals surface area contributed by atoms with Crippen molar-refractivity contribution in [1.82, 2.24) is 15.5 Å². The Morgan fingerprint density at radius 1 is 1.11 bits per heavy atom. The van der Waals surface area contributed by atoms with Gasteiger partial charge in [-0.15, -0.1) is 0 Å². The Balaban J connectivity index is 2.01. The van der Waals surface area contributed by atoms with Gasteiger partial charge in [-0.2, -0.15) is 10.2 Å². The minimum Gasteiger partial charge on any atom is -0.346 e. The molecule has 0 saturated heterocycles. The molecular formula is C14H15N3O. The maximum atomic E-state index is 11.9. The smallest absolute Gasteiger partial charge is 0.251 e. The monoisotopic (exact) mass is 241 g/mol. The summed E-state index contributed by atoms with van der Waals surface area (Å²) in [5.41, 5.74) is 3.27. The zero-order valence-corrected chi connectivity index (χ0v) is 10.5. The quantitative estimate of drug-likeness (QED) is 0.894. The number of aromatic nitrogens is 2. The van der Waals surface area contributed by atoms with Crippen molar-refractivity contribution in [3.05, 3.63) is 58.9 Å². The lowest BCUT2D eigenvalue weighted by Crippen LogP contribution is -2.24. The van der Waals surface area contributed by atoms with Gasteiger partial charge in [-0.3, -0.25) is 4.79 Å². The van der Waals surface area contributed by atoms with Crippen molar-refractivity contribution in [3.8, 4) is 0 Å². The van der Waals surface area contributed by atoms with Gasteiger partial charge in [0.2, 0.25) is 0 Å². The van der Waals surface area contributed by atoms with Crippen LogP contribution in [-0.4, -0.2) is 16.1 Å². The Morgan fingerprint density at radius 3 is 2.56 bits per heavy atom. The third-order valence-corrected chi connectivity index (χ3v) is 2.67. The van der Waals surface area contributed by atoms with Gasteiger partial charge in [0.1, 0.15) is 0 Å². The van der Waals surface area contributed by atoms with Crippen LogP contribution in [0.15, 0.2) is 36.4 Å². The van der Waals surface area contributed by atoms with Gasteiger partial charge in [-0.05, 0) is 37.6 Å². The first-order chi connectivity index (χ1) is 8.66. The topological polar surface area (TPSA) is 54.9 Å². The molecule has 1 heterocycles. The maximum absolute atomic E-state index is 11.9. The Morgan fingerprint density at radius 2 is 1.89 bits per heavy atom. The van der Waals surface area contributed by atoms with E-state index in [1.54, 1.807) is 0 Å². The molecule has 1 aromatic heterocycles. The lowest BCUT2D eigenvalue weighted by atomic mass is 10.1. The van der Waals surface area contributed by atoms with Crippen molar-refractivity contribution in [2.24, 2.45) is 0 Å². The molecule has 0 aliphatic rings. The van der Waals surface area contributed by atoms with E-state index >= 15 is 0 Å². The molecule has 4 nitrogen and oxygen atoms in total. The number of hydrogen-bond donors (Lipinski definition) is 1. The third kappa shape index (κ3) is 2.91. The minimum absolute atomic E-state index is 0.0875. The zero-order chi connectivity index (χ0) is 13.0. The molecule has 0 bridgehead atoms. The Kier molecular flexibility index (Phi) is 3.67. The first-order valence-corrected chi connectivity index (χ1v) is 5.80. The molecule has 18 heavy (non-hydrogen) atoms. The maximum Gasteiger partial charge on any atom is 0.251 e. The molecule has 1 aromatic carbocycles. The van der Waals surface area contributed by atoms with Crippen molar-refractivity contribution in [2.45, 2.75) is 20.4 Å². The molecule has 92 valence electrons. The van der Waals surface area contributed by atoms with Crippen LogP contribution in [0.25, 0.3) is 0 Å². The molecule has 2 rings (SSSR count). The second-order valence-electron chi connectivity index (χ2n) is 4.16. The lowest BCUT2D eigenvalue weighted by molar-refractivity contribution is 0.0949. The van der Waals surface area contributed by atoms with E-state index < -0.39 is 0 Å². The van der Waals surface area contributed by atoms with E-state index in [1.165, 1.54) is 0 Å². The third-order valence-electron chi connectivity index (χ3n) is 2.67. The molecule has 0 atom stereocenters. The molecule has 0 aliphatic heterocycles. The van der Waals surface area contributed by atoms with Gasteiger partial charge in [-0.1, -0.05) is 18.2 Å². The predicted octanol–water partition coefficient (Wildman–Crippen LogP) is 2.02. The van der Waals surface area contributed by atoms with Crippen LogP contribution < -0.4 is 5.32 Å². The highest BCUT2D eigenvalue weighted by molar-refractivity contribution is 5.95. The van der Waals surface area contributed by atoms with E-state index in [1.807, 2.05) is 50.2 Å². The summed E-state index contributed by atoms with van der Waals surface area (Å²) in [7, 11) is 0. The van der Waals surface area contributed by atoms with Crippen molar-refractivity contribution in [1.29, 1.82) is 0 Å². The average molecular weight is 241 g/mol. The summed E-state index contributed by atoms with van der Waals surface area (Å²) in [5.74, 6) is -0.0875. The van der Waals surface area contributed by atoms with E-state index in [0.29, 0.717) is 12.1 Å². The highest BCUT2D eigenvalue weighted by Crippen LogP contribution is 2.06. The Bertz CT molecular complexity index is 549. The van der Waals surface area contributed by atoms with Crippen LogP contribution in [0.2, 0.25) is 0 Å². The summed E-state index contributed by atoms with van der Waals surface area (Å²) in [6, 6.07) is 11.2. The summed E-state index contributed by atoms with van der Waals surface area (Å²) >= 11 is 0. The summed E-state index contributed by atoms with van der Waals surface area (Å²) in [5, 5.41) is 10.8. The summed E-state index contributed by atoms with van der Waals surface area (Å²) < 4.78 is 0. The second kappa shape index (κ2) is 5.40. The fourth-order valence-electron chi connectivity index (χ4n) is 1.61. The number of nitrogens with one attached hydrogen (secondary N) is 1. The summed E-state index contributed by atoms with van der Waals surface area (Å²) in [6.07, 6.45) is 0. The number of nitrogens with zero attached hydrogens (tertiary/aromatic N) is 2. The molecule has 0 saturated carbocycles. The Hall–Kier alpha value is -2.23. The van der Waals surface area contributed by atoms with Gasteiger partial charge >= 0.3 is 0 Å². The molecule has 1 N–H and O–H groups in total. The SMILES string of the molecule is Cc1ccc(CNC(=O)c2ccccc2C)nn1. The van der Waals surface area contributed by atoms with Crippen molar-refractivity contribution in [3.63, 3.8) is 0 Å². The molecule has 0 unspecified atom stereocenters. The fourth-order valence-corrected chi connectivity index (χ4v) is 1.61. The van der Waals surface area contributed by atoms with Gasteiger partial charge < -0.3 is 5.32 Å². The number of rotatable bonds is 3. The van der Waals surface area contributed by atoms with Gasteiger partial charge in [0.05, 0.1) is 17.9 Å². The van der Waals surface area contributed by atoms with Crippen LogP contribution >= 0.6 is 0 Å². The molecule has 4 heteroatoms. The van der Waals surface area contributed by atoms with Gasteiger partial charge in [-0.25, -0.2) is 0 Å².